The Labute approximate surface area is 178 Å². The van der Waals surface area contributed by atoms with Crippen LogP contribution in [0.2, 0.25) is 0 Å². The first-order chi connectivity index (χ1) is 14.7. The van der Waals surface area contributed by atoms with Gasteiger partial charge in [0, 0.05) is 4.88 Å². The van der Waals surface area contributed by atoms with E-state index in [4.69, 9.17) is 4.74 Å². The van der Waals surface area contributed by atoms with Crippen LogP contribution in [0.1, 0.15) is 21.6 Å². The quantitative estimate of drug-likeness (QED) is 0.328. The Hall–Kier alpha value is -3.71. The molecule has 0 aliphatic carbocycles. The Morgan fingerprint density at radius 1 is 1.07 bits per heavy atom. The largest absolute Gasteiger partial charge is 0.504 e. The Morgan fingerprint density at radius 3 is 2.67 bits per heavy atom. The van der Waals surface area contributed by atoms with Crippen molar-refractivity contribution in [2.75, 3.05) is 12.5 Å². The van der Waals surface area contributed by atoms with Crippen LogP contribution in [0.3, 0.4) is 0 Å². The molecule has 0 saturated carbocycles. The van der Waals surface area contributed by atoms with Gasteiger partial charge in [0.2, 0.25) is 0 Å². The predicted octanol–water partition coefficient (Wildman–Crippen LogP) is 5.33. The van der Waals surface area contributed by atoms with Crippen LogP contribution in [-0.4, -0.2) is 28.4 Å². The zero-order valence-corrected chi connectivity index (χ0v) is 17.4. The molecule has 0 aliphatic heterocycles. The summed E-state index contributed by atoms with van der Waals surface area (Å²) >= 11 is 1.62. The zero-order chi connectivity index (χ0) is 20.9. The third kappa shape index (κ3) is 4.16. The van der Waals surface area contributed by atoms with Crippen LogP contribution in [0.25, 0.3) is 22.4 Å². The summed E-state index contributed by atoms with van der Waals surface area (Å²) in [5.74, 6) is 1.12. The van der Waals surface area contributed by atoms with E-state index < -0.39 is 0 Å². The maximum atomic E-state index is 9.88. The van der Waals surface area contributed by atoms with Gasteiger partial charge in [-0.25, -0.2) is 9.97 Å². The molecule has 30 heavy (non-hydrogen) atoms. The molecule has 2 aromatic heterocycles. The molecule has 4 rings (SSSR count). The van der Waals surface area contributed by atoms with Crippen molar-refractivity contribution in [1.82, 2.24) is 9.97 Å². The maximum Gasteiger partial charge on any atom is 0.167 e. The molecule has 7 heteroatoms. The third-order valence-corrected chi connectivity index (χ3v) is 5.81. The number of phenols is 1. The third-order valence-electron chi connectivity index (χ3n) is 4.55. The fourth-order valence-electron chi connectivity index (χ4n) is 2.97. The second-order valence-corrected chi connectivity index (χ2v) is 7.59. The number of hydrogen-bond donors (Lipinski definition) is 2. The number of aromatic hydroxyl groups is 1. The first kappa shape index (κ1) is 19.6. The average Bonchev–Trinajstić information content (AvgIpc) is 3.10. The number of phenolic OH excluding ortho intramolecular Hbond substituents is 1. The molecule has 4 aromatic rings. The molecule has 150 valence electrons. The normalized spacial score (nSPS) is 11.5. The highest BCUT2D eigenvalue weighted by molar-refractivity contribution is 7.20. The molecule has 2 aromatic carbocycles. The number of hydrazone groups is 1. The lowest BCUT2D eigenvalue weighted by atomic mass is 10.2. The second kappa shape index (κ2) is 8.75. The van der Waals surface area contributed by atoms with E-state index in [2.05, 4.69) is 51.7 Å². The Balaban J connectivity index is 1.57. The highest BCUT2D eigenvalue weighted by atomic mass is 32.1. The van der Waals surface area contributed by atoms with Crippen LogP contribution in [-0.2, 0) is 0 Å². The van der Waals surface area contributed by atoms with Crippen molar-refractivity contribution in [2.45, 2.75) is 6.92 Å². The second-order valence-electron chi connectivity index (χ2n) is 6.54. The predicted molar refractivity (Wildman–Crippen MR) is 123 cm³/mol. The Bertz CT molecular complexity index is 1230. The smallest absolute Gasteiger partial charge is 0.167 e. The van der Waals surface area contributed by atoms with Crippen molar-refractivity contribution >= 4 is 45.7 Å². The van der Waals surface area contributed by atoms with Gasteiger partial charge in [-0.1, -0.05) is 36.4 Å². The van der Waals surface area contributed by atoms with Crippen LogP contribution in [0.5, 0.6) is 11.5 Å². The monoisotopic (exact) mass is 416 g/mol. The molecule has 2 N–H and O–H groups in total. The summed E-state index contributed by atoms with van der Waals surface area (Å²) in [6, 6.07) is 15.3. The highest BCUT2D eigenvalue weighted by Gasteiger charge is 2.12. The molecule has 0 amide bonds. The standard InChI is InChI=1S/C23H20N4O2S/c1-15-20(11-9-16-6-4-3-5-7-16)30-22-21(15)24-14-25-23(22)27-26-13-17-8-10-19(29-2)18(28)12-17/h3-14,28H,1-2H3,(H,24,25,27)/b11-9+,26-13?. The van der Waals surface area contributed by atoms with Crippen LogP contribution in [0.4, 0.5) is 5.82 Å². The van der Waals surface area contributed by atoms with E-state index in [1.165, 1.54) is 13.4 Å². The molecule has 0 atom stereocenters. The lowest BCUT2D eigenvalue weighted by Gasteiger charge is -2.03. The van der Waals surface area contributed by atoms with Crippen LogP contribution in [0.15, 0.2) is 60.0 Å². The van der Waals surface area contributed by atoms with Gasteiger partial charge in [-0.05, 0) is 47.9 Å². The van der Waals surface area contributed by atoms with Crippen LogP contribution < -0.4 is 10.2 Å². The fourth-order valence-corrected chi connectivity index (χ4v) is 4.07. The van der Waals surface area contributed by atoms with E-state index in [0.29, 0.717) is 11.6 Å². The van der Waals surface area contributed by atoms with Crippen molar-refractivity contribution in [3.05, 3.63) is 76.4 Å². The Morgan fingerprint density at radius 2 is 1.90 bits per heavy atom. The number of fused-ring (bicyclic) bond motifs is 1. The summed E-state index contributed by atoms with van der Waals surface area (Å²) in [5.41, 5.74) is 6.88. The van der Waals surface area contributed by atoms with Gasteiger partial charge >= 0.3 is 0 Å². The molecule has 0 saturated heterocycles. The SMILES string of the molecule is COc1ccc(C=NNc2ncnc3c(C)c(/C=C/c4ccccc4)sc23)cc1O. The molecular formula is C23H20N4O2S. The van der Waals surface area contributed by atoms with Gasteiger partial charge in [-0.3, -0.25) is 5.43 Å². The topological polar surface area (TPSA) is 79.6 Å². The summed E-state index contributed by atoms with van der Waals surface area (Å²) in [7, 11) is 1.51. The number of anilines is 1. The van der Waals surface area contributed by atoms with Gasteiger partial charge in [0.1, 0.15) is 6.33 Å². The first-order valence-electron chi connectivity index (χ1n) is 9.29. The van der Waals surface area contributed by atoms with Gasteiger partial charge in [0.15, 0.2) is 17.3 Å². The minimum atomic E-state index is 0.0644. The molecule has 0 bridgehead atoms. The van der Waals surface area contributed by atoms with Gasteiger partial charge in [0.25, 0.3) is 0 Å². The number of aryl methyl sites for hydroxylation is 1. The average molecular weight is 417 g/mol. The van der Waals surface area contributed by atoms with Gasteiger partial charge in [0.05, 0.1) is 23.5 Å². The number of hydrogen-bond acceptors (Lipinski definition) is 7. The number of rotatable bonds is 6. The number of nitrogens with one attached hydrogen (secondary N) is 1. The molecule has 0 radical (unpaired) electrons. The van der Waals surface area contributed by atoms with Gasteiger partial charge in [-0.15, -0.1) is 11.3 Å². The molecule has 0 aliphatic rings. The molecular weight excluding hydrogens is 396 g/mol. The number of ether oxygens (including phenoxy) is 1. The van der Waals surface area contributed by atoms with E-state index >= 15 is 0 Å². The zero-order valence-electron chi connectivity index (χ0n) is 16.5. The van der Waals surface area contributed by atoms with Crippen molar-refractivity contribution in [3.8, 4) is 11.5 Å². The van der Waals surface area contributed by atoms with Crippen LogP contribution >= 0.6 is 11.3 Å². The van der Waals surface area contributed by atoms with E-state index in [1.807, 2.05) is 18.2 Å². The molecule has 0 fully saturated rings. The molecule has 0 unspecified atom stereocenters. The summed E-state index contributed by atoms with van der Waals surface area (Å²) in [6.07, 6.45) is 7.34. The van der Waals surface area contributed by atoms with E-state index in [1.54, 1.807) is 35.8 Å². The van der Waals surface area contributed by atoms with Crippen molar-refractivity contribution in [3.63, 3.8) is 0 Å². The van der Waals surface area contributed by atoms with Crippen molar-refractivity contribution in [2.24, 2.45) is 5.10 Å². The van der Waals surface area contributed by atoms with E-state index in [0.717, 1.165) is 31.8 Å². The minimum Gasteiger partial charge on any atom is -0.504 e. The van der Waals surface area contributed by atoms with E-state index in [9.17, 15) is 5.11 Å². The van der Waals surface area contributed by atoms with Gasteiger partial charge in [-0.2, -0.15) is 5.10 Å². The molecule has 0 spiro atoms. The minimum absolute atomic E-state index is 0.0644. The summed E-state index contributed by atoms with van der Waals surface area (Å²) in [4.78, 5) is 9.90. The number of aromatic nitrogens is 2. The Kier molecular flexibility index (Phi) is 5.72. The first-order valence-corrected chi connectivity index (χ1v) is 10.1. The summed E-state index contributed by atoms with van der Waals surface area (Å²) in [6.45, 7) is 2.06. The summed E-state index contributed by atoms with van der Waals surface area (Å²) < 4.78 is 5.99. The lowest BCUT2D eigenvalue weighted by molar-refractivity contribution is 0.373. The summed E-state index contributed by atoms with van der Waals surface area (Å²) in [5, 5.41) is 14.1. The highest BCUT2D eigenvalue weighted by Crippen LogP contribution is 2.34. The number of benzene rings is 2. The van der Waals surface area contributed by atoms with Crippen LogP contribution in [0, 0.1) is 6.92 Å². The van der Waals surface area contributed by atoms with Crippen molar-refractivity contribution in [1.29, 1.82) is 0 Å². The fraction of sp³-hybridized carbons (Fsp3) is 0.0870. The number of methoxy groups -OCH3 is 1. The number of thiophene rings is 1. The molecule has 6 nitrogen and oxygen atoms in total. The lowest BCUT2D eigenvalue weighted by Crippen LogP contribution is -1.95. The maximum absolute atomic E-state index is 9.88. The number of nitrogens with zero attached hydrogens (tertiary/aromatic N) is 3. The van der Waals surface area contributed by atoms with E-state index in [-0.39, 0.29) is 5.75 Å². The molecule has 2 heterocycles. The van der Waals surface area contributed by atoms with Crippen molar-refractivity contribution < 1.29 is 9.84 Å². The van der Waals surface area contributed by atoms with Gasteiger partial charge < -0.3 is 9.84 Å².